The van der Waals surface area contributed by atoms with Crippen LogP contribution in [0.4, 0.5) is 0 Å². The van der Waals surface area contributed by atoms with Gasteiger partial charge in [-0.05, 0) is 30.2 Å². The maximum absolute atomic E-state index is 12.4. The summed E-state index contributed by atoms with van der Waals surface area (Å²) >= 11 is 1.51. The lowest BCUT2D eigenvalue weighted by atomic mass is 9.83. The first-order chi connectivity index (χ1) is 13.2. The highest BCUT2D eigenvalue weighted by Gasteiger charge is 2.35. The average Bonchev–Trinajstić information content (AvgIpc) is 2.72. The molecule has 0 amide bonds. The van der Waals surface area contributed by atoms with Crippen LogP contribution in [0.25, 0.3) is 0 Å². The van der Waals surface area contributed by atoms with Gasteiger partial charge in [0.2, 0.25) is 0 Å². The Hall–Kier alpha value is -3.11. The minimum Gasteiger partial charge on any atom is -0.466 e. The second kappa shape index (κ2) is 8.52. The highest BCUT2D eigenvalue weighted by Crippen LogP contribution is 2.41. The zero-order valence-electron chi connectivity index (χ0n) is 15.0. The molecule has 3 rings (SSSR count). The number of rotatable bonds is 5. The number of methoxy groups -OCH3 is 1. The monoisotopic (exact) mass is 378 g/mol. The summed E-state index contributed by atoms with van der Waals surface area (Å²) in [6, 6.07) is 9.79. The van der Waals surface area contributed by atoms with Gasteiger partial charge in [-0.15, -0.1) is 11.8 Å². The average molecular weight is 378 g/mol. The van der Waals surface area contributed by atoms with E-state index >= 15 is 0 Å². The van der Waals surface area contributed by atoms with Gasteiger partial charge in [0.05, 0.1) is 35.3 Å². The molecule has 2 aromatic rings. The lowest BCUT2D eigenvalue weighted by Crippen LogP contribution is -2.28. The third kappa shape index (κ3) is 4.01. The van der Waals surface area contributed by atoms with Gasteiger partial charge in [-0.25, -0.2) is 4.79 Å². The van der Waals surface area contributed by atoms with E-state index in [2.05, 4.69) is 21.4 Å². The molecule has 6 nitrogen and oxygen atoms in total. The van der Waals surface area contributed by atoms with Crippen LogP contribution in [0.2, 0.25) is 0 Å². The highest BCUT2D eigenvalue weighted by molar-refractivity contribution is 8.02. The topological polar surface area (TPSA) is 87.9 Å². The van der Waals surface area contributed by atoms with E-state index in [1.54, 1.807) is 30.9 Å². The number of pyridine rings is 2. The molecule has 0 aromatic carbocycles. The molecular formula is C20H18N4O2S. The number of ether oxygens (including phenoxy) is 1. The van der Waals surface area contributed by atoms with Crippen LogP contribution < -0.4 is 5.32 Å². The first-order valence-electron chi connectivity index (χ1n) is 8.27. The molecule has 1 aliphatic rings. The lowest BCUT2D eigenvalue weighted by Gasteiger charge is -2.28. The number of carbonyl (C=O) groups excluding carboxylic acids is 1. The van der Waals surface area contributed by atoms with Gasteiger partial charge in [0.15, 0.2) is 0 Å². The van der Waals surface area contributed by atoms with Crippen molar-refractivity contribution >= 4 is 17.7 Å². The van der Waals surface area contributed by atoms with Gasteiger partial charge in [-0.2, -0.15) is 5.26 Å². The van der Waals surface area contributed by atoms with E-state index in [4.69, 9.17) is 4.74 Å². The van der Waals surface area contributed by atoms with Crippen LogP contribution >= 0.6 is 11.8 Å². The van der Waals surface area contributed by atoms with Crippen LogP contribution in [0, 0.1) is 11.3 Å². The summed E-state index contributed by atoms with van der Waals surface area (Å²) in [5.74, 6) is -0.325. The van der Waals surface area contributed by atoms with Crippen molar-refractivity contribution in [1.29, 1.82) is 5.26 Å². The molecule has 0 spiro atoms. The molecule has 0 aliphatic carbocycles. The van der Waals surface area contributed by atoms with Crippen molar-refractivity contribution in [2.45, 2.75) is 18.6 Å². The van der Waals surface area contributed by atoms with E-state index in [1.165, 1.54) is 18.9 Å². The van der Waals surface area contributed by atoms with Crippen LogP contribution in [0.1, 0.15) is 24.0 Å². The van der Waals surface area contributed by atoms with Gasteiger partial charge in [0.1, 0.15) is 0 Å². The number of hydrogen-bond acceptors (Lipinski definition) is 7. The smallest absolute Gasteiger partial charge is 0.336 e. The molecule has 0 radical (unpaired) electrons. The zero-order valence-corrected chi connectivity index (χ0v) is 15.8. The Labute approximate surface area is 162 Å². The minimum absolute atomic E-state index is 0.424. The number of hydrogen-bond donors (Lipinski definition) is 1. The third-order valence-electron chi connectivity index (χ3n) is 4.18. The maximum atomic E-state index is 12.4. The van der Waals surface area contributed by atoms with Crippen LogP contribution in [0.15, 0.2) is 70.9 Å². The number of dihydropyridines is 1. The molecule has 136 valence electrons. The SMILES string of the molecule is COC(=O)C1=C(C)NC(SCc2cccnc2)=C(C#N)C1c1cccnc1. The summed E-state index contributed by atoms with van der Waals surface area (Å²) in [5.41, 5.74) is 3.39. The maximum Gasteiger partial charge on any atom is 0.336 e. The van der Waals surface area contributed by atoms with Gasteiger partial charge in [-0.1, -0.05) is 12.1 Å². The van der Waals surface area contributed by atoms with Crippen molar-refractivity contribution < 1.29 is 9.53 Å². The van der Waals surface area contributed by atoms with Crippen molar-refractivity contribution in [2.75, 3.05) is 7.11 Å². The Morgan fingerprint density at radius 3 is 2.63 bits per heavy atom. The standard InChI is InChI=1S/C20H18N4O2S/c1-13-17(20(25)26-2)18(15-6-4-8-23-11-15)16(9-21)19(24-13)27-12-14-5-3-7-22-10-14/h3-8,10-11,18,24H,12H2,1-2H3. The van der Waals surface area contributed by atoms with E-state index in [0.717, 1.165) is 16.2 Å². The normalized spacial score (nSPS) is 16.6. The molecule has 2 aromatic heterocycles. The van der Waals surface area contributed by atoms with Crippen molar-refractivity contribution in [3.8, 4) is 6.07 Å². The molecule has 3 heterocycles. The predicted molar refractivity (Wildman–Crippen MR) is 103 cm³/mol. The third-order valence-corrected chi connectivity index (χ3v) is 5.26. The van der Waals surface area contributed by atoms with Gasteiger partial charge in [0.25, 0.3) is 0 Å². The van der Waals surface area contributed by atoms with Crippen molar-refractivity contribution in [3.05, 3.63) is 82.1 Å². The first-order valence-corrected chi connectivity index (χ1v) is 9.26. The summed E-state index contributed by atoms with van der Waals surface area (Å²) < 4.78 is 4.96. The van der Waals surface area contributed by atoms with Gasteiger partial charge in [-0.3, -0.25) is 9.97 Å². The number of nitrogens with one attached hydrogen (secondary N) is 1. The summed E-state index contributed by atoms with van der Waals surface area (Å²) in [5, 5.41) is 13.8. The zero-order chi connectivity index (χ0) is 19.2. The summed E-state index contributed by atoms with van der Waals surface area (Å²) in [4.78, 5) is 20.7. The number of aromatic nitrogens is 2. The molecule has 1 atom stereocenters. The molecular weight excluding hydrogens is 360 g/mol. The minimum atomic E-state index is -0.520. The van der Waals surface area contributed by atoms with Gasteiger partial charge >= 0.3 is 5.97 Å². The molecule has 7 heteroatoms. The lowest BCUT2D eigenvalue weighted by molar-refractivity contribution is -0.136. The molecule has 0 fully saturated rings. The summed E-state index contributed by atoms with van der Waals surface area (Å²) in [6.07, 6.45) is 6.85. The largest absolute Gasteiger partial charge is 0.466 e. The molecule has 1 unspecified atom stereocenters. The molecule has 1 N–H and O–H groups in total. The quantitative estimate of drug-likeness (QED) is 0.799. The fraction of sp³-hybridized carbons (Fsp3) is 0.200. The van der Waals surface area contributed by atoms with Crippen LogP contribution in [0.3, 0.4) is 0 Å². The van der Waals surface area contributed by atoms with E-state index in [9.17, 15) is 10.1 Å². The van der Waals surface area contributed by atoms with E-state index < -0.39 is 11.9 Å². The summed E-state index contributed by atoms with van der Waals surface area (Å²) in [6.45, 7) is 1.81. The van der Waals surface area contributed by atoms with Crippen molar-refractivity contribution in [3.63, 3.8) is 0 Å². The molecule has 0 saturated carbocycles. The fourth-order valence-electron chi connectivity index (χ4n) is 2.93. The number of thioether (sulfide) groups is 1. The predicted octanol–water partition coefficient (Wildman–Crippen LogP) is 3.28. The van der Waals surface area contributed by atoms with Crippen LogP contribution in [-0.2, 0) is 15.3 Å². The Kier molecular flexibility index (Phi) is 5.89. The van der Waals surface area contributed by atoms with Crippen LogP contribution in [-0.4, -0.2) is 23.0 Å². The molecule has 1 aliphatic heterocycles. The number of esters is 1. The fourth-order valence-corrected chi connectivity index (χ4v) is 3.95. The van der Waals surface area contributed by atoms with Crippen molar-refractivity contribution in [2.24, 2.45) is 0 Å². The Balaban J connectivity index is 2.01. The van der Waals surface area contributed by atoms with E-state index in [-0.39, 0.29) is 0 Å². The van der Waals surface area contributed by atoms with Crippen molar-refractivity contribution in [1.82, 2.24) is 15.3 Å². The second-order valence-corrected chi connectivity index (χ2v) is 6.86. The number of nitriles is 1. The second-order valence-electron chi connectivity index (χ2n) is 5.88. The Morgan fingerprint density at radius 1 is 1.30 bits per heavy atom. The first kappa shape index (κ1) is 18.7. The molecule has 0 saturated heterocycles. The summed E-state index contributed by atoms with van der Waals surface area (Å²) in [7, 11) is 1.34. The molecule has 27 heavy (non-hydrogen) atoms. The number of carbonyl (C=O) groups is 1. The van der Waals surface area contributed by atoms with Gasteiger partial charge < -0.3 is 10.1 Å². The Morgan fingerprint density at radius 2 is 2.04 bits per heavy atom. The van der Waals surface area contributed by atoms with E-state index in [0.29, 0.717) is 22.6 Å². The molecule has 0 bridgehead atoms. The van der Waals surface area contributed by atoms with Gasteiger partial charge in [0, 0.05) is 36.2 Å². The number of nitrogens with zero attached hydrogens (tertiary/aromatic N) is 3. The van der Waals surface area contributed by atoms with E-state index in [1.807, 2.05) is 25.1 Å². The highest BCUT2D eigenvalue weighted by atomic mass is 32.2. The number of allylic oxidation sites excluding steroid dienone is 2. The van der Waals surface area contributed by atoms with Crippen LogP contribution in [0.5, 0.6) is 0 Å². The Bertz CT molecular complexity index is 933.